The van der Waals surface area contributed by atoms with Gasteiger partial charge in [0.2, 0.25) is 0 Å². The molecular weight excluding hydrogens is 221 g/mol. The maximum Gasteiger partial charge on any atom is 0.256 e. The van der Waals surface area contributed by atoms with Crippen molar-refractivity contribution >= 4 is 5.91 Å². The molecule has 4 heteroatoms. The van der Waals surface area contributed by atoms with E-state index in [9.17, 15) is 14.3 Å². The number of nitrogens with zero attached hydrogens (tertiary/aromatic N) is 1. The lowest BCUT2D eigenvalue weighted by Gasteiger charge is -2.22. The third-order valence-electron chi connectivity index (χ3n) is 2.81. The lowest BCUT2D eigenvalue weighted by Crippen LogP contribution is -2.34. The molecule has 0 saturated heterocycles. The van der Waals surface area contributed by atoms with Gasteiger partial charge in [0.1, 0.15) is 5.82 Å². The first-order valence-corrected chi connectivity index (χ1v) is 5.74. The second kappa shape index (κ2) is 5.77. The van der Waals surface area contributed by atoms with Crippen molar-refractivity contribution in [2.24, 2.45) is 0 Å². The van der Waals surface area contributed by atoms with Crippen molar-refractivity contribution in [3.8, 4) is 0 Å². The van der Waals surface area contributed by atoms with Crippen molar-refractivity contribution in [3.05, 3.63) is 35.1 Å². The monoisotopic (exact) mass is 239 g/mol. The molecule has 0 fully saturated rings. The average Bonchev–Trinajstić information content (AvgIpc) is 2.33. The summed E-state index contributed by atoms with van der Waals surface area (Å²) in [6, 6.07) is 4.21. The van der Waals surface area contributed by atoms with E-state index in [4.69, 9.17) is 0 Å². The fourth-order valence-corrected chi connectivity index (χ4v) is 1.69. The van der Waals surface area contributed by atoms with Gasteiger partial charge in [0.25, 0.3) is 5.91 Å². The molecule has 3 nitrogen and oxygen atoms in total. The molecule has 0 aromatic heterocycles. The molecule has 0 aliphatic heterocycles. The molecule has 0 aliphatic rings. The summed E-state index contributed by atoms with van der Waals surface area (Å²) >= 11 is 0. The van der Waals surface area contributed by atoms with E-state index in [1.165, 1.54) is 18.2 Å². The first-order valence-electron chi connectivity index (χ1n) is 5.74. The van der Waals surface area contributed by atoms with Gasteiger partial charge in [0, 0.05) is 13.1 Å². The van der Waals surface area contributed by atoms with Gasteiger partial charge in [-0.3, -0.25) is 4.79 Å². The molecule has 0 bridgehead atoms. The lowest BCUT2D eigenvalue weighted by atomic mass is 10.1. The zero-order chi connectivity index (χ0) is 13.0. The number of aryl methyl sites for hydroxylation is 1. The van der Waals surface area contributed by atoms with Crippen LogP contribution in [0.3, 0.4) is 0 Å². The topological polar surface area (TPSA) is 40.5 Å². The van der Waals surface area contributed by atoms with Crippen molar-refractivity contribution in [1.29, 1.82) is 0 Å². The normalized spacial score (nSPS) is 12.3. The van der Waals surface area contributed by atoms with E-state index in [0.717, 1.165) is 0 Å². The van der Waals surface area contributed by atoms with E-state index < -0.39 is 6.10 Å². The van der Waals surface area contributed by atoms with Gasteiger partial charge >= 0.3 is 0 Å². The Labute approximate surface area is 101 Å². The van der Waals surface area contributed by atoms with E-state index in [2.05, 4.69) is 0 Å². The molecule has 17 heavy (non-hydrogen) atoms. The predicted octanol–water partition coefficient (Wildman–Crippen LogP) is 2.04. The number of rotatable bonds is 4. The molecular formula is C13H18FNO2. The maximum atomic E-state index is 13.1. The minimum atomic E-state index is -1.21. The number of likely N-dealkylation sites (N-methyl/N-ethyl adjacent to an activating group) is 1. The number of hydrogen-bond acceptors (Lipinski definition) is 2. The van der Waals surface area contributed by atoms with Crippen molar-refractivity contribution in [3.63, 3.8) is 0 Å². The van der Waals surface area contributed by atoms with Crippen LogP contribution >= 0.6 is 0 Å². The summed E-state index contributed by atoms with van der Waals surface area (Å²) in [4.78, 5) is 13.4. The minimum Gasteiger partial charge on any atom is -0.378 e. The smallest absolute Gasteiger partial charge is 0.256 e. The summed E-state index contributed by atoms with van der Waals surface area (Å²) in [5.41, 5.74) is 0.856. The van der Waals surface area contributed by atoms with Gasteiger partial charge in [-0.15, -0.1) is 0 Å². The minimum absolute atomic E-state index is 0.337. The molecule has 1 rings (SSSR count). The van der Waals surface area contributed by atoms with Crippen molar-refractivity contribution in [1.82, 2.24) is 4.90 Å². The molecule has 0 radical (unpaired) electrons. The fraction of sp³-hybridized carbons (Fsp3) is 0.462. The Balaban J connectivity index is 2.92. The van der Waals surface area contributed by atoms with Gasteiger partial charge in [0.05, 0.1) is 0 Å². The molecule has 0 heterocycles. The van der Waals surface area contributed by atoms with E-state index in [0.29, 0.717) is 24.2 Å². The predicted molar refractivity (Wildman–Crippen MR) is 64.0 cm³/mol. The van der Waals surface area contributed by atoms with Gasteiger partial charge in [-0.05, 0) is 38.0 Å². The molecule has 0 aliphatic carbocycles. The van der Waals surface area contributed by atoms with Crippen LogP contribution in [0.25, 0.3) is 0 Å². The summed E-state index contributed by atoms with van der Waals surface area (Å²) in [5, 5.41) is 9.92. The summed E-state index contributed by atoms with van der Waals surface area (Å²) in [5.74, 6) is -0.683. The van der Waals surface area contributed by atoms with E-state index in [-0.39, 0.29) is 11.7 Å². The summed E-state index contributed by atoms with van der Waals surface area (Å²) in [7, 11) is 0. The Kier molecular flexibility index (Phi) is 4.63. The van der Waals surface area contributed by atoms with Crippen molar-refractivity contribution < 1.29 is 14.3 Å². The summed E-state index contributed by atoms with van der Waals surface area (Å²) in [6.07, 6.45) is -1.21. The van der Waals surface area contributed by atoms with Gasteiger partial charge in [-0.25, -0.2) is 4.39 Å². The van der Waals surface area contributed by atoms with Gasteiger partial charge in [0.15, 0.2) is 6.10 Å². The highest BCUT2D eigenvalue weighted by Gasteiger charge is 2.22. The van der Waals surface area contributed by atoms with Gasteiger partial charge < -0.3 is 10.0 Å². The van der Waals surface area contributed by atoms with E-state index >= 15 is 0 Å². The summed E-state index contributed by atoms with van der Waals surface area (Å²) < 4.78 is 13.1. The quantitative estimate of drug-likeness (QED) is 0.873. The SMILES string of the molecule is CCN(CC)C(=O)C(O)c1ccc(F)c(C)c1. The van der Waals surface area contributed by atoms with E-state index in [1.807, 2.05) is 13.8 Å². The van der Waals surface area contributed by atoms with Crippen LogP contribution < -0.4 is 0 Å². The number of aliphatic hydroxyl groups is 1. The molecule has 0 saturated carbocycles. The number of hydrogen-bond donors (Lipinski definition) is 1. The largest absolute Gasteiger partial charge is 0.378 e. The zero-order valence-electron chi connectivity index (χ0n) is 10.4. The number of benzene rings is 1. The lowest BCUT2D eigenvalue weighted by molar-refractivity contribution is -0.140. The van der Waals surface area contributed by atoms with Crippen LogP contribution in [0.1, 0.15) is 31.1 Å². The Bertz CT molecular complexity index is 402. The van der Waals surface area contributed by atoms with Crippen LogP contribution in [0.15, 0.2) is 18.2 Å². The third kappa shape index (κ3) is 3.03. The van der Waals surface area contributed by atoms with Crippen LogP contribution in [0.2, 0.25) is 0 Å². The Hall–Kier alpha value is -1.42. The van der Waals surface area contributed by atoms with Crippen LogP contribution in [0.5, 0.6) is 0 Å². The Morgan fingerprint density at radius 2 is 2.00 bits per heavy atom. The first-order chi connectivity index (χ1) is 8.01. The van der Waals surface area contributed by atoms with Crippen molar-refractivity contribution in [2.75, 3.05) is 13.1 Å². The van der Waals surface area contributed by atoms with E-state index in [1.54, 1.807) is 11.8 Å². The number of amides is 1. The Morgan fingerprint density at radius 1 is 1.41 bits per heavy atom. The molecule has 1 aromatic rings. The highest BCUT2D eigenvalue weighted by molar-refractivity contribution is 5.82. The Morgan fingerprint density at radius 3 is 2.47 bits per heavy atom. The molecule has 1 amide bonds. The van der Waals surface area contributed by atoms with Crippen LogP contribution in [-0.4, -0.2) is 29.0 Å². The van der Waals surface area contributed by atoms with Crippen LogP contribution in [0, 0.1) is 12.7 Å². The molecule has 1 atom stereocenters. The average molecular weight is 239 g/mol. The second-order valence-electron chi connectivity index (χ2n) is 3.92. The highest BCUT2D eigenvalue weighted by atomic mass is 19.1. The number of carbonyl (C=O) groups excluding carboxylic acids is 1. The number of halogens is 1. The molecule has 1 unspecified atom stereocenters. The molecule has 1 N–H and O–H groups in total. The van der Waals surface area contributed by atoms with Crippen LogP contribution in [-0.2, 0) is 4.79 Å². The second-order valence-corrected chi connectivity index (χ2v) is 3.92. The highest BCUT2D eigenvalue weighted by Crippen LogP contribution is 2.18. The number of aliphatic hydroxyl groups excluding tert-OH is 1. The third-order valence-corrected chi connectivity index (χ3v) is 2.81. The van der Waals surface area contributed by atoms with Crippen LogP contribution in [0.4, 0.5) is 4.39 Å². The number of carbonyl (C=O) groups is 1. The zero-order valence-corrected chi connectivity index (χ0v) is 10.4. The first kappa shape index (κ1) is 13.6. The van der Waals surface area contributed by atoms with Gasteiger partial charge in [-0.2, -0.15) is 0 Å². The molecule has 0 spiro atoms. The van der Waals surface area contributed by atoms with Gasteiger partial charge in [-0.1, -0.05) is 12.1 Å². The summed E-state index contributed by atoms with van der Waals surface area (Å²) in [6.45, 7) is 6.40. The molecule has 94 valence electrons. The van der Waals surface area contributed by atoms with Crippen molar-refractivity contribution in [2.45, 2.75) is 26.9 Å². The maximum absolute atomic E-state index is 13.1. The fourth-order valence-electron chi connectivity index (χ4n) is 1.69. The molecule has 1 aromatic carbocycles. The standard InChI is InChI=1S/C13H18FNO2/c1-4-15(5-2)13(17)12(16)10-6-7-11(14)9(3)8-10/h6-8,12,16H,4-5H2,1-3H3.